The lowest BCUT2D eigenvalue weighted by atomic mass is 9.73. The van der Waals surface area contributed by atoms with E-state index in [1.54, 1.807) is 24.3 Å². The van der Waals surface area contributed by atoms with Crippen LogP contribution in [0.4, 0.5) is 20.3 Å². The van der Waals surface area contributed by atoms with Crippen molar-refractivity contribution >= 4 is 23.7 Å². The van der Waals surface area contributed by atoms with Gasteiger partial charge in [0.05, 0.1) is 5.56 Å². The highest BCUT2D eigenvalue weighted by atomic mass is 19.3. The predicted molar refractivity (Wildman–Crippen MR) is 104 cm³/mol. The van der Waals surface area contributed by atoms with Gasteiger partial charge in [0.2, 0.25) is 0 Å². The van der Waals surface area contributed by atoms with Gasteiger partial charge in [0.25, 0.3) is 12.3 Å². The summed E-state index contributed by atoms with van der Waals surface area (Å²) in [6, 6.07) is 7.53. The largest absolute Gasteiger partial charge is 0.381 e. The van der Waals surface area contributed by atoms with E-state index in [1.807, 2.05) is 4.90 Å². The molecule has 29 heavy (non-hydrogen) atoms. The lowest BCUT2D eigenvalue weighted by Crippen LogP contribution is -2.59. The minimum absolute atomic E-state index is 0.115. The zero-order valence-corrected chi connectivity index (χ0v) is 15.7. The summed E-state index contributed by atoms with van der Waals surface area (Å²) in [5.74, 6) is -0.102. The molecule has 1 spiro atoms. The number of aldehydes is 1. The molecular weight excluding hydrogens is 380 g/mol. The van der Waals surface area contributed by atoms with Crippen LogP contribution in [0.25, 0.3) is 0 Å². The van der Waals surface area contributed by atoms with Crippen LogP contribution in [0.2, 0.25) is 0 Å². The molecule has 0 atom stereocenters. The topological polar surface area (TPSA) is 71.5 Å². The number of nitrogens with one attached hydrogen (secondary N) is 1. The number of aromatic nitrogens is 1. The maximum absolute atomic E-state index is 13.2. The number of anilines is 2. The molecule has 2 saturated heterocycles. The fraction of sp³-hybridized carbons (Fsp3) is 0.381. The van der Waals surface area contributed by atoms with Gasteiger partial charge in [-0.15, -0.1) is 0 Å². The Labute approximate surface area is 166 Å². The van der Waals surface area contributed by atoms with Crippen molar-refractivity contribution in [2.45, 2.75) is 19.3 Å². The van der Waals surface area contributed by atoms with Gasteiger partial charge in [0.1, 0.15) is 12.1 Å². The standard InChI is InChI=1S/C21H21F2N3O3/c22-18(23)15-9-17(20(28)25-16-3-1-14(11-27)2-4-16)19(24-10-15)26-12-21(13-26)5-7-29-8-6-21/h1-4,9-11,18H,5-8,12-13H2,(H,25,28). The molecular formula is C21H21F2N3O3. The van der Waals surface area contributed by atoms with Crippen LogP contribution in [0.3, 0.4) is 0 Å². The molecule has 6 nitrogen and oxygen atoms in total. The number of carbonyl (C=O) groups excluding carboxylic acids is 2. The van der Waals surface area contributed by atoms with Crippen molar-refractivity contribution in [3.05, 3.63) is 53.2 Å². The second-order valence-corrected chi connectivity index (χ2v) is 7.60. The number of hydrogen-bond acceptors (Lipinski definition) is 5. The first kappa shape index (κ1) is 19.4. The molecule has 1 N–H and O–H groups in total. The second-order valence-electron chi connectivity index (χ2n) is 7.60. The summed E-state index contributed by atoms with van der Waals surface area (Å²) in [5, 5.41) is 2.70. The molecule has 2 fully saturated rings. The number of pyridine rings is 1. The number of halogens is 2. The molecule has 1 aromatic carbocycles. The Morgan fingerprint density at radius 2 is 1.90 bits per heavy atom. The van der Waals surface area contributed by atoms with Gasteiger partial charge in [0.15, 0.2) is 0 Å². The van der Waals surface area contributed by atoms with Crippen molar-refractivity contribution in [2.75, 3.05) is 36.5 Å². The molecule has 3 heterocycles. The number of nitrogens with zero attached hydrogens (tertiary/aromatic N) is 2. The fourth-order valence-corrected chi connectivity index (χ4v) is 3.89. The quantitative estimate of drug-likeness (QED) is 0.774. The second kappa shape index (κ2) is 7.87. The third-order valence-electron chi connectivity index (χ3n) is 5.59. The lowest BCUT2D eigenvalue weighted by Gasteiger charge is -2.53. The number of benzene rings is 1. The molecule has 2 aromatic rings. The summed E-state index contributed by atoms with van der Waals surface area (Å²) in [5.41, 5.74) is 0.922. The number of hydrogen-bond donors (Lipinski definition) is 1. The Hall–Kier alpha value is -2.87. The highest BCUT2D eigenvalue weighted by Gasteiger charge is 2.45. The number of amides is 1. The highest BCUT2D eigenvalue weighted by molar-refractivity contribution is 6.07. The average Bonchev–Trinajstić information content (AvgIpc) is 2.72. The highest BCUT2D eigenvalue weighted by Crippen LogP contribution is 2.42. The SMILES string of the molecule is O=Cc1ccc(NC(=O)c2cc(C(F)F)cnc2N2CC3(CCOCC3)C2)cc1. The van der Waals surface area contributed by atoms with Crippen LogP contribution in [0.5, 0.6) is 0 Å². The maximum atomic E-state index is 13.2. The van der Waals surface area contributed by atoms with Crippen LogP contribution in [-0.4, -0.2) is 43.5 Å². The molecule has 0 radical (unpaired) electrons. The summed E-state index contributed by atoms with van der Waals surface area (Å²) in [7, 11) is 0. The number of ether oxygens (including phenoxy) is 1. The van der Waals surface area contributed by atoms with Gasteiger partial charge in [0, 0.05) is 54.7 Å². The summed E-state index contributed by atoms with van der Waals surface area (Å²) in [6.45, 7) is 2.89. The first-order chi connectivity index (χ1) is 14.0. The van der Waals surface area contributed by atoms with E-state index in [2.05, 4.69) is 10.3 Å². The fourth-order valence-electron chi connectivity index (χ4n) is 3.89. The van der Waals surface area contributed by atoms with Crippen LogP contribution >= 0.6 is 0 Å². The van der Waals surface area contributed by atoms with Crippen molar-refractivity contribution in [1.29, 1.82) is 0 Å². The van der Waals surface area contributed by atoms with Gasteiger partial charge in [-0.3, -0.25) is 9.59 Å². The third kappa shape index (κ3) is 3.98. The average molecular weight is 401 g/mol. The van der Waals surface area contributed by atoms with Gasteiger partial charge >= 0.3 is 0 Å². The zero-order chi connectivity index (χ0) is 20.4. The monoisotopic (exact) mass is 401 g/mol. The number of carbonyl (C=O) groups is 2. The van der Waals surface area contributed by atoms with E-state index in [1.165, 1.54) is 6.07 Å². The van der Waals surface area contributed by atoms with E-state index in [4.69, 9.17) is 4.74 Å². The molecule has 0 bridgehead atoms. The third-order valence-corrected chi connectivity index (χ3v) is 5.59. The Balaban J connectivity index is 1.57. The lowest BCUT2D eigenvalue weighted by molar-refractivity contribution is -0.000521. The van der Waals surface area contributed by atoms with E-state index in [-0.39, 0.29) is 16.5 Å². The zero-order valence-electron chi connectivity index (χ0n) is 15.7. The molecule has 4 rings (SSSR count). The van der Waals surface area contributed by atoms with Crippen molar-refractivity contribution in [1.82, 2.24) is 4.98 Å². The first-order valence-electron chi connectivity index (χ1n) is 9.47. The minimum Gasteiger partial charge on any atom is -0.381 e. The Bertz CT molecular complexity index is 904. The molecule has 152 valence electrons. The Morgan fingerprint density at radius 1 is 1.21 bits per heavy atom. The van der Waals surface area contributed by atoms with Crippen molar-refractivity contribution in [3.63, 3.8) is 0 Å². The molecule has 1 amide bonds. The van der Waals surface area contributed by atoms with Crippen molar-refractivity contribution in [2.24, 2.45) is 5.41 Å². The summed E-state index contributed by atoms with van der Waals surface area (Å²) >= 11 is 0. The van der Waals surface area contributed by atoms with Crippen molar-refractivity contribution in [3.8, 4) is 0 Å². The molecule has 0 saturated carbocycles. The van der Waals surface area contributed by atoms with E-state index >= 15 is 0 Å². The predicted octanol–water partition coefficient (Wildman–Crippen LogP) is 3.70. The van der Waals surface area contributed by atoms with Crippen LogP contribution in [0.15, 0.2) is 36.5 Å². The maximum Gasteiger partial charge on any atom is 0.265 e. The molecule has 1 aromatic heterocycles. The summed E-state index contributed by atoms with van der Waals surface area (Å²) in [4.78, 5) is 29.8. The van der Waals surface area contributed by atoms with E-state index in [0.717, 1.165) is 45.3 Å². The molecule has 0 aliphatic carbocycles. The van der Waals surface area contributed by atoms with Crippen LogP contribution in [-0.2, 0) is 4.74 Å². The number of rotatable bonds is 5. The molecule has 2 aliphatic rings. The van der Waals surface area contributed by atoms with E-state index in [0.29, 0.717) is 23.4 Å². The normalized spacial score (nSPS) is 17.8. The molecule has 2 aliphatic heterocycles. The van der Waals surface area contributed by atoms with Crippen LogP contribution < -0.4 is 10.2 Å². The minimum atomic E-state index is -2.71. The van der Waals surface area contributed by atoms with Gasteiger partial charge in [-0.1, -0.05) is 0 Å². The number of alkyl halides is 2. The Morgan fingerprint density at radius 3 is 2.52 bits per heavy atom. The van der Waals surface area contributed by atoms with E-state index in [9.17, 15) is 18.4 Å². The van der Waals surface area contributed by atoms with Gasteiger partial charge in [-0.2, -0.15) is 0 Å². The smallest absolute Gasteiger partial charge is 0.265 e. The molecule has 0 unspecified atom stereocenters. The van der Waals surface area contributed by atoms with Crippen LogP contribution in [0.1, 0.15) is 45.5 Å². The van der Waals surface area contributed by atoms with E-state index < -0.39 is 12.3 Å². The Kier molecular flexibility index (Phi) is 5.27. The van der Waals surface area contributed by atoms with Crippen molar-refractivity contribution < 1.29 is 23.1 Å². The summed E-state index contributed by atoms with van der Waals surface area (Å²) < 4.78 is 31.8. The van der Waals surface area contributed by atoms with Gasteiger partial charge < -0.3 is 15.0 Å². The van der Waals surface area contributed by atoms with Gasteiger partial charge in [-0.05, 0) is 43.2 Å². The first-order valence-corrected chi connectivity index (χ1v) is 9.47. The molecule has 8 heteroatoms. The van der Waals surface area contributed by atoms with Gasteiger partial charge in [-0.25, -0.2) is 13.8 Å². The summed E-state index contributed by atoms with van der Waals surface area (Å²) in [6.07, 6.45) is 1.01. The van der Waals surface area contributed by atoms with Crippen LogP contribution in [0, 0.1) is 5.41 Å².